The van der Waals surface area contributed by atoms with Crippen LogP contribution < -0.4 is 0 Å². The fraction of sp³-hybridized carbons (Fsp3) is 1.00. The van der Waals surface area contributed by atoms with E-state index in [-0.39, 0.29) is 0 Å². The lowest BCUT2D eigenvalue weighted by Gasteiger charge is -2.36. The third-order valence-corrected chi connectivity index (χ3v) is 22.8. The van der Waals surface area contributed by atoms with Gasteiger partial charge in [0.15, 0.2) is 0 Å². The number of likely N-dealkylation sites (tertiary alicyclic amines) is 5. The minimum Gasteiger partial charge on any atom is -0.381 e. The second-order valence-corrected chi connectivity index (χ2v) is 31.8. The topological polar surface area (TPSA) is 43.9 Å². The predicted molar refractivity (Wildman–Crippen MR) is 291 cm³/mol. The van der Waals surface area contributed by atoms with Gasteiger partial charge in [0.25, 0.3) is 0 Å². The minimum absolute atomic E-state index is 0.527. The first kappa shape index (κ1) is 54.5. The number of ether oxygens (including phenoxy) is 3. The Morgan fingerprint density at radius 2 is 0.757 bits per heavy atom. The van der Waals surface area contributed by atoms with Gasteiger partial charge < -0.3 is 28.9 Å². The second-order valence-electron chi connectivity index (χ2n) is 31.8. The summed E-state index contributed by atoms with van der Waals surface area (Å²) >= 11 is 0. The van der Waals surface area contributed by atoms with E-state index in [1.165, 1.54) is 84.7 Å². The zero-order valence-corrected chi connectivity index (χ0v) is 49.3. The van der Waals surface area contributed by atoms with Crippen molar-refractivity contribution < 1.29 is 14.2 Å². The molecule has 0 aromatic heterocycles. The molecule has 6 aliphatic carbocycles. The molecular weight excluding hydrogens is 863 g/mol. The van der Waals surface area contributed by atoms with Crippen molar-refractivity contribution >= 4 is 0 Å². The van der Waals surface area contributed by atoms with Crippen molar-refractivity contribution in [1.82, 2.24) is 24.5 Å². The molecule has 8 heteroatoms. The third-order valence-electron chi connectivity index (χ3n) is 22.8. The summed E-state index contributed by atoms with van der Waals surface area (Å²) in [5.41, 5.74) is 3.85. The van der Waals surface area contributed by atoms with E-state index < -0.39 is 0 Å². The van der Waals surface area contributed by atoms with E-state index >= 15 is 0 Å². The van der Waals surface area contributed by atoms with Crippen LogP contribution in [0.25, 0.3) is 0 Å². The molecule has 8 aliphatic heterocycles. The largest absolute Gasteiger partial charge is 0.381 e. The van der Waals surface area contributed by atoms with Gasteiger partial charge in [0.2, 0.25) is 0 Å². The van der Waals surface area contributed by atoms with E-state index in [0.29, 0.717) is 16.2 Å². The molecule has 0 N–H and O–H groups in total. The number of piperidine rings is 5. The lowest BCUT2D eigenvalue weighted by atomic mass is 9.87. The summed E-state index contributed by atoms with van der Waals surface area (Å²) in [7, 11) is 4.49. The lowest BCUT2D eigenvalue weighted by molar-refractivity contribution is -0.0632. The van der Waals surface area contributed by atoms with Gasteiger partial charge in [-0.2, -0.15) is 0 Å². The van der Waals surface area contributed by atoms with Crippen molar-refractivity contribution in [3.8, 4) is 0 Å². The van der Waals surface area contributed by atoms with E-state index in [1.54, 1.807) is 0 Å². The van der Waals surface area contributed by atoms with Gasteiger partial charge in [-0.15, -0.1) is 0 Å². The van der Waals surface area contributed by atoms with Gasteiger partial charge in [0, 0.05) is 71.5 Å². The van der Waals surface area contributed by atoms with Crippen LogP contribution >= 0.6 is 0 Å². The molecule has 8 heterocycles. The summed E-state index contributed by atoms with van der Waals surface area (Å²) in [5.74, 6) is 14.7. The highest BCUT2D eigenvalue weighted by Crippen LogP contribution is 2.65. The zero-order valence-electron chi connectivity index (χ0n) is 49.3. The number of hydrogen-bond acceptors (Lipinski definition) is 8. The van der Waals surface area contributed by atoms with Crippen molar-refractivity contribution in [3.05, 3.63) is 0 Å². The van der Waals surface area contributed by atoms with Crippen molar-refractivity contribution in [2.75, 3.05) is 119 Å². The maximum Gasteiger partial charge on any atom is 0.0645 e. The summed E-state index contributed by atoms with van der Waals surface area (Å²) in [4.78, 5) is 12.9. The van der Waals surface area contributed by atoms with Crippen LogP contribution in [0.15, 0.2) is 0 Å². The fourth-order valence-corrected chi connectivity index (χ4v) is 17.8. The third kappa shape index (κ3) is 11.0. The molecule has 6 saturated carbocycles. The van der Waals surface area contributed by atoms with Crippen LogP contribution in [-0.4, -0.2) is 162 Å². The van der Waals surface area contributed by atoms with Gasteiger partial charge in [-0.05, 0) is 168 Å². The molecule has 0 spiro atoms. The molecule has 0 aromatic carbocycles. The molecule has 14 aliphatic rings. The monoisotopic (exact) mass is 976 g/mol. The van der Waals surface area contributed by atoms with Crippen molar-refractivity contribution in [1.29, 1.82) is 0 Å². The molecule has 14 rings (SSSR count). The number of rotatable bonds is 6. The van der Waals surface area contributed by atoms with E-state index in [2.05, 4.69) is 156 Å². The molecule has 12 unspecified atom stereocenters. The van der Waals surface area contributed by atoms with Crippen molar-refractivity contribution in [3.63, 3.8) is 0 Å². The first-order chi connectivity index (χ1) is 32.6. The maximum absolute atomic E-state index is 5.33. The normalized spacial score (nSPS) is 44.1. The molecule has 12 atom stereocenters. The van der Waals surface area contributed by atoms with Gasteiger partial charge >= 0.3 is 0 Å². The SMILES string of the molecule is CC(C)(C)C1C2CN(C3COC3)CC21.CC(C)(C)C1C2COCC21.CC(C)C12CC1CN(C)C2.CC(C)C12CC1CN(C1COC1)C2.CC(C)N1CC2CC2(C(C)C)C1.CN1CC2C(C1)C2C(C)(C)C. The number of fused-ring (bicyclic) bond motifs is 6. The lowest BCUT2D eigenvalue weighted by Crippen LogP contribution is -2.49. The molecule has 0 aromatic rings. The molecule has 0 amide bonds. The Morgan fingerprint density at radius 3 is 1.07 bits per heavy atom. The van der Waals surface area contributed by atoms with Crippen LogP contribution in [0.5, 0.6) is 0 Å². The second kappa shape index (κ2) is 19.6. The van der Waals surface area contributed by atoms with Crippen LogP contribution in [0.3, 0.4) is 0 Å². The van der Waals surface area contributed by atoms with E-state index in [1.807, 2.05) is 0 Å². The highest BCUT2D eigenvalue weighted by atomic mass is 16.5. The van der Waals surface area contributed by atoms with Gasteiger partial charge in [0.05, 0.1) is 51.7 Å². The molecular formula is C62H113N5O3. The summed E-state index contributed by atoms with van der Waals surface area (Å²) in [6.07, 6.45) is 4.51. The Bertz CT molecular complexity index is 1740. The highest BCUT2D eigenvalue weighted by Gasteiger charge is 2.65. The average molecular weight is 977 g/mol. The first-order valence-electron chi connectivity index (χ1n) is 29.9. The summed E-state index contributed by atoms with van der Waals surface area (Å²) < 4.78 is 15.8. The smallest absolute Gasteiger partial charge is 0.0645 e. The van der Waals surface area contributed by atoms with E-state index in [9.17, 15) is 0 Å². The van der Waals surface area contributed by atoms with Crippen LogP contribution in [0.2, 0.25) is 0 Å². The molecule has 8 nitrogen and oxygen atoms in total. The van der Waals surface area contributed by atoms with E-state index in [0.717, 1.165) is 163 Å². The summed E-state index contributed by atoms with van der Waals surface area (Å²) in [6.45, 7) is 59.9. The Kier molecular flexibility index (Phi) is 15.3. The number of hydrogen-bond donors (Lipinski definition) is 0. The molecule has 8 saturated heterocycles. The average Bonchev–Trinajstić information content (AvgIpc) is 4.19. The van der Waals surface area contributed by atoms with Crippen molar-refractivity contribution in [2.24, 2.45) is 121 Å². The zero-order chi connectivity index (χ0) is 50.8. The molecule has 0 radical (unpaired) electrons. The van der Waals surface area contributed by atoms with Crippen molar-refractivity contribution in [2.45, 2.75) is 155 Å². The Labute approximate surface area is 432 Å². The minimum atomic E-state index is 0.527. The quantitative estimate of drug-likeness (QED) is 0.261. The predicted octanol–water partition coefficient (Wildman–Crippen LogP) is 10.7. The van der Waals surface area contributed by atoms with Crippen LogP contribution in [-0.2, 0) is 14.2 Å². The maximum atomic E-state index is 5.33. The Hall–Kier alpha value is -0.320. The summed E-state index contributed by atoms with van der Waals surface area (Å²) in [5, 5.41) is 0. The van der Waals surface area contributed by atoms with Crippen LogP contribution in [0.4, 0.5) is 0 Å². The Balaban J connectivity index is 0.000000105. The molecule has 14 fully saturated rings. The van der Waals surface area contributed by atoms with Gasteiger partial charge in [0.1, 0.15) is 0 Å². The Morgan fingerprint density at radius 1 is 0.386 bits per heavy atom. The van der Waals surface area contributed by atoms with Crippen LogP contribution in [0, 0.1) is 121 Å². The fourth-order valence-electron chi connectivity index (χ4n) is 17.8. The first-order valence-corrected chi connectivity index (χ1v) is 29.9. The van der Waals surface area contributed by atoms with Gasteiger partial charge in [-0.25, -0.2) is 0 Å². The van der Waals surface area contributed by atoms with Gasteiger partial charge in [-0.1, -0.05) is 104 Å². The molecule has 0 bridgehead atoms. The van der Waals surface area contributed by atoms with Crippen LogP contribution in [0.1, 0.15) is 137 Å². The van der Waals surface area contributed by atoms with Gasteiger partial charge in [-0.3, -0.25) is 9.80 Å². The highest BCUT2D eigenvalue weighted by molar-refractivity contribution is 5.15. The molecule has 70 heavy (non-hydrogen) atoms. The standard InChI is InChI=1S/C12H21NO.C11H19NO.C11H21N.C10H19N.C9H17N.C9H16O/c1-12(2,3)11-9-4-13(5-10(9)11)8-6-14-7-8;1-8(2)11-3-9(11)4-12(7-11)10-5-13-6-10;1-8(2)11-5-10(11)6-12(7-11)9(3)4;1-10(2,3)9-7-5-11(4)6-8(7)9;1-7(2)9-4-8(9)5-10(3)6-9;1-9(2,3)8-6-4-10-5-7(6)8/h8-11H,4-7H2,1-3H3;8-10H,3-7H2,1-2H3;8-10H,5-7H2,1-4H3;7-9H,5-6H2,1-4H3;7-8H,4-6H2,1-3H3;6-8H,4-5H2,1-3H3. The van der Waals surface area contributed by atoms with E-state index in [4.69, 9.17) is 14.2 Å². The number of nitrogens with zero attached hydrogens (tertiary/aromatic N) is 5. The molecule has 404 valence electrons. The summed E-state index contributed by atoms with van der Waals surface area (Å²) in [6, 6.07) is 2.29.